The van der Waals surface area contributed by atoms with Crippen LogP contribution < -0.4 is 11.1 Å². The summed E-state index contributed by atoms with van der Waals surface area (Å²) in [6.45, 7) is 2.76. The van der Waals surface area contributed by atoms with Gasteiger partial charge >= 0.3 is 0 Å². The van der Waals surface area contributed by atoms with Crippen molar-refractivity contribution in [2.45, 2.75) is 5.92 Å². The van der Waals surface area contributed by atoms with Crippen LogP contribution in [0.2, 0.25) is 0 Å². The zero-order valence-electron chi connectivity index (χ0n) is 15.8. The zero-order valence-corrected chi connectivity index (χ0v) is 16.6. The van der Waals surface area contributed by atoms with Crippen LogP contribution in [0.4, 0.5) is 5.69 Å². The second kappa shape index (κ2) is 9.20. The van der Waals surface area contributed by atoms with Crippen molar-refractivity contribution in [2.75, 3.05) is 31.5 Å². The second-order valence-corrected chi connectivity index (χ2v) is 7.28. The van der Waals surface area contributed by atoms with Crippen molar-refractivity contribution in [2.24, 2.45) is 11.7 Å². The van der Waals surface area contributed by atoms with Gasteiger partial charge in [-0.15, -0.1) is 12.4 Å². The van der Waals surface area contributed by atoms with Gasteiger partial charge in [0, 0.05) is 30.1 Å². The molecule has 0 spiro atoms. The number of rotatable bonds is 5. The maximum absolute atomic E-state index is 12.7. The minimum absolute atomic E-state index is 0. The number of nitrogens with zero attached hydrogens (tertiary/aromatic N) is 1. The van der Waals surface area contributed by atoms with E-state index in [0.29, 0.717) is 24.9 Å². The smallest absolute Gasteiger partial charge is 0.238 e. The second-order valence-electron chi connectivity index (χ2n) is 7.28. The van der Waals surface area contributed by atoms with Crippen molar-refractivity contribution in [3.05, 3.63) is 78.4 Å². The molecule has 0 saturated carbocycles. The molecule has 3 aromatic rings. The first-order chi connectivity index (χ1) is 13.2. The van der Waals surface area contributed by atoms with E-state index in [1.54, 1.807) is 0 Å². The topological polar surface area (TPSA) is 58.4 Å². The number of nitrogens with one attached hydrogen (secondary N) is 1. The van der Waals surface area contributed by atoms with Crippen LogP contribution in [0.5, 0.6) is 0 Å². The summed E-state index contributed by atoms with van der Waals surface area (Å²) < 4.78 is 0. The Hall–Kier alpha value is -2.40. The molecule has 1 aliphatic rings. The molecular formula is C23H26ClN3O. The van der Waals surface area contributed by atoms with Gasteiger partial charge in [0.25, 0.3) is 0 Å². The van der Waals surface area contributed by atoms with Crippen molar-refractivity contribution in [3.8, 4) is 0 Å². The maximum atomic E-state index is 12.7. The Morgan fingerprint density at radius 3 is 2.46 bits per heavy atom. The Labute approximate surface area is 172 Å². The number of carbonyl (C=O) groups is 1. The van der Waals surface area contributed by atoms with Gasteiger partial charge in [-0.2, -0.15) is 0 Å². The number of hydrogen-bond donors (Lipinski definition) is 2. The normalized spacial score (nSPS) is 19.3. The van der Waals surface area contributed by atoms with Crippen LogP contribution in [0.25, 0.3) is 10.8 Å². The Kier molecular flexibility index (Phi) is 6.68. The van der Waals surface area contributed by atoms with Crippen LogP contribution in [0.15, 0.2) is 72.8 Å². The SMILES string of the molecule is Cl.NC[C@@H]1CN(CC(=O)Nc2cccc3ccccc23)C[C@H]1c1ccccc1. The summed E-state index contributed by atoms with van der Waals surface area (Å²) in [5.41, 5.74) is 8.19. The van der Waals surface area contributed by atoms with Gasteiger partial charge in [0.1, 0.15) is 0 Å². The van der Waals surface area contributed by atoms with E-state index >= 15 is 0 Å². The molecule has 2 atom stereocenters. The summed E-state index contributed by atoms with van der Waals surface area (Å²) in [6, 6.07) is 24.6. The molecule has 1 amide bonds. The van der Waals surface area contributed by atoms with E-state index < -0.39 is 0 Å². The fourth-order valence-electron chi connectivity index (χ4n) is 4.13. The third-order valence-corrected chi connectivity index (χ3v) is 5.48. The van der Waals surface area contributed by atoms with E-state index in [1.165, 1.54) is 5.56 Å². The van der Waals surface area contributed by atoms with Gasteiger partial charge in [0.15, 0.2) is 0 Å². The lowest BCUT2D eigenvalue weighted by Gasteiger charge is -2.17. The summed E-state index contributed by atoms with van der Waals surface area (Å²) in [7, 11) is 0. The molecule has 1 saturated heterocycles. The lowest BCUT2D eigenvalue weighted by molar-refractivity contribution is -0.117. The van der Waals surface area contributed by atoms with Crippen LogP contribution in [-0.4, -0.2) is 37.0 Å². The largest absolute Gasteiger partial charge is 0.330 e. The number of nitrogens with two attached hydrogens (primary N) is 1. The first kappa shape index (κ1) is 20.3. The molecule has 4 nitrogen and oxygen atoms in total. The number of carbonyl (C=O) groups excluding carboxylic acids is 1. The van der Waals surface area contributed by atoms with Crippen molar-refractivity contribution in [3.63, 3.8) is 0 Å². The third-order valence-electron chi connectivity index (χ3n) is 5.48. The van der Waals surface area contributed by atoms with Gasteiger partial charge < -0.3 is 11.1 Å². The Balaban J connectivity index is 0.00000225. The predicted molar refractivity (Wildman–Crippen MR) is 118 cm³/mol. The monoisotopic (exact) mass is 395 g/mol. The lowest BCUT2D eigenvalue weighted by atomic mass is 9.89. The van der Waals surface area contributed by atoms with E-state index in [0.717, 1.165) is 29.5 Å². The van der Waals surface area contributed by atoms with E-state index in [-0.39, 0.29) is 18.3 Å². The summed E-state index contributed by atoms with van der Waals surface area (Å²) in [5, 5.41) is 5.28. The highest BCUT2D eigenvalue weighted by Crippen LogP contribution is 2.32. The van der Waals surface area contributed by atoms with Crippen molar-refractivity contribution in [1.82, 2.24) is 4.90 Å². The van der Waals surface area contributed by atoms with E-state index in [2.05, 4.69) is 46.6 Å². The van der Waals surface area contributed by atoms with Crippen molar-refractivity contribution < 1.29 is 4.79 Å². The van der Waals surface area contributed by atoms with E-state index in [9.17, 15) is 4.79 Å². The van der Waals surface area contributed by atoms with Gasteiger partial charge in [-0.05, 0) is 29.5 Å². The number of amides is 1. The first-order valence-corrected chi connectivity index (χ1v) is 9.49. The Morgan fingerprint density at radius 1 is 0.964 bits per heavy atom. The Bertz CT molecular complexity index is 926. The highest BCUT2D eigenvalue weighted by atomic mass is 35.5. The molecule has 4 rings (SSSR count). The first-order valence-electron chi connectivity index (χ1n) is 9.49. The fraction of sp³-hybridized carbons (Fsp3) is 0.261. The summed E-state index contributed by atoms with van der Waals surface area (Å²) in [5.74, 6) is 0.801. The molecule has 5 heteroatoms. The molecule has 3 N–H and O–H groups in total. The standard InChI is InChI=1S/C23H25N3O.ClH/c24-13-19-14-26(15-21(19)18-7-2-1-3-8-18)16-23(27)25-22-12-6-10-17-9-4-5-11-20(17)22;/h1-12,19,21H,13-16,24H2,(H,25,27);1H/t19-,21+;/m1./s1. The number of likely N-dealkylation sites (tertiary alicyclic amines) is 1. The fourth-order valence-corrected chi connectivity index (χ4v) is 4.13. The average molecular weight is 396 g/mol. The van der Waals surface area contributed by atoms with Gasteiger partial charge in [-0.25, -0.2) is 0 Å². The maximum Gasteiger partial charge on any atom is 0.238 e. The highest BCUT2D eigenvalue weighted by Gasteiger charge is 2.33. The van der Waals surface area contributed by atoms with E-state index in [1.807, 2.05) is 36.4 Å². The van der Waals surface area contributed by atoms with Gasteiger partial charge in [-0.1, -0.05) is 66.7 Å². The number of halogens is 1. The number of fused-ring (bicyclic) bond motifs is 1. The van der Waals surface area contributed by atoms with Gasteiger partial charge in [0.05, 0.1) is 6.54 Å². The molecule has 1 fully saturated rings. The summed E-state index contributed by atoms with van der Waals surface area (Å²) >= 11 is 0. The third kappa shape index (κ3) is 4.36. The van der Waals surface area contributed by atoms with Crippen LogP contribution >= 0.6 is 12.4 Å². The molecule has 0 aliphatic carbocycles. The predicted octanol–water partition coefficient (Wildman–Crippen LogP) is 3.87. The molecule has 28 heavy (non-hydrogen) atoms. The number of anilines is 1. The molecule has 0 bridgehead atoms. The van der Waals surface area contributed by atoms with Crippen molar-refractivity contribution >= 4 is 34.8 Å². The molecule has 1 heterocycles. The van der Waals surface area contributed by atoms with Crippen LogP contribution in [0, 0.1) is 5.92 Å². The van der Waals surface area contributed by atoms with Crippen LogP contribution in [0.3, 0.4) is 0 Å². The number of benzene rings is 3. The minimum Gasteiger partial charge on any atom is -0.330 e. The Morgan fingerprint density at radius 2 is 1.68 bits per heavy atom. The molecule has 0 aromatic heterocycles. The van der Waals surface area contributed by atoms with Crippen LogP contribution in [-0.2, 0) is 4.79 Å². The van der Waals surface area contributed by atoms with Crippen LogP contribution in [0.1, 0.15) is 11.5 Å². The molecular weight excluding hydrogens is 370 g/mol. The summed E-state index contributed by atoms with van der Waals surface area (Å²) in [4.78, 5) is 14.9. The average Bonchev–Trinajstić information content (AvgIpc) is 3.11. The molecule has 3 aromatic carbocycles. The quantitative estimate of drug-likeness (QED) is 0.689. The van der Waals surface area contributed by atoms with Crippen molar-refractivity contribution in [1.29, 1.82) is 0 Å². The van der Waals surface area contributed by atoms with Gasteiger partial charge in [0.2, 0.25) is 5.91 Å². The van der Waals surface area contributed by atoms with Gasteiger partial charge in [-0.3, -0.25) is 9.69 Å². The minimum atomic E-state index is 0. The molecule has 0 unspecified atom stereocenters. The lowest BCUT2D eigenvalue weighted by Crippen LogP contribution is -2.32. The molecule has 1 aliphatic heterocycles. The van der Waals surface area contributed by atoms with E-state index in [4.69, 9.17) is 5.73 Å². The molecule has 0 radical (unpaired) electrons. The summed E-state index contributed by atoms with van der Waals surface area (Å²) in [6.07, 6.45) is 0. The highest BCUT2D eigenvalue weighted by molar-refractivity contribution is 6.02. The zero-order chi connectivity index (χ0) is 18.6. The number of hydrogen-bond acceptors (Lipinski definition) is 3. The molecule has 146 valence electrons.